The van der Waals surface area contributed by atoms with E-state index in [0.717, 1.165) is 28.0 Å². The second kappa shape index (κ2) is 8.62. The molecule has 1 N–H and O–H groups in total. The lowest BCUT2D eigenvalue weighted by molar-refractivity contribution is 0.102. The number of hydrogen-bond donors (Lipinski definition) is 1. The van der Waals surface area contributed by atoms with E-state index in [9.17, 15) is 4.79 Å². The van der Waals surface area contributed by atoms with Crippen molar-refractivity contribution in [3.05, 3.63) is 82.3 Å². The number of halogens is 1. The van der Waals surface area contributed by atoms with E-state index in [1.807, 2.05) is 36.1 Å². The van der Waals surface area contributed by atoms with E-state index in [0.29, 0.717) is 18.0 Å². The highest BCUT2D eigenvalue weighted by molar-refractivity contribution is 9.10. The van der Waals surface area contributed by atoms with Crippen molar-refractivity contribution in [2.45, 2.75) is 26.9 Å². The van der Waals surface area contributed by atoms with Crippen molar-refractivity contribution in [2.75, 3.05) is 5.32 Å². The number of hydrogen-bond acceptors (Lipinski definition) is 5. The molecule has 0 radical (unpaired) electrons. The summed E-state index contributed by atoms with van der Waals surface area (Å²) in [5.74, 6) is 0.104. The fourth-order valence-electron chi connectivity index (χ4n) is 3.61. The molecule has 33 heavy (non-hydrogen) atoms. The van der Waals surface area contributed by atoms with Gasteiger partial charge in [-0.15, -0.1) is 0 Å². The first kappa shape index (κ1) is 21.1. The molecule has 0 bridgehead atoms. The molecule has 0 atom stereocenters. The van der Waals surface area contributed by atoms with Crippen molar-refractivity contribution in [1.82, 2.24) is 34.2 Å². The van der Waals surface area contributed by atoms with Crippen LogP contribution in [0.5, 0.6) is 0 Å². The SMILES string of the molecule is CCn1cc(Br)c(-c2ccnc3cc(C(=O)Nc4ccn(Cc5cccc(C)c5)n4)nn23)n1. The second-order valence-electron chi connectivity index (χ2n) is 7.65. The van der Waals surface area contributed by atoms with Crippen LogP contribution in [0.25, 0.3) is 17.0 Å². The minimum atomic E-state index is -0.356. The summed E-state index contributed by atoms with van der Waals surface area (Å²) in [6.07, 6.45) is 5.42. The highest BCUT2D eigenvalue weighted by Crippen LogP contribution is 2.27. The fourth-order valence-corrected chi connectivity index (χ4v) is 4.13. The molecule has 0 unspecified atom stereocenters. The number of aryl methyl sites for hydroxylation is 2. The monoisotopic (exact) mass is 504 g/mol. The molecule has 0 aliphatic carbocycles. The van der Waals surface area contributed by atoms with Gasteiger partial charge in [-0.2, -0.15) is 15.3 Å². The molecule has 1 aromatic carbocycles. The van der Waals surface area contributed by atoms with E-state index in [2.05, 4.69) is 66.6 Å². The third-order valence-corrected chi connectivity index (χ3v) is 5.76. The van der Waals surface area contributed by atoms with Gasteiger partial charge in [0.15, 0.2) is 17.2 Å². The van der Waals surface area contributed by atoms with Crippen molar-refractivity contribution in [1.29, 1.82) is 0 Å². The van der Waals surface area contributed by atoms with E-state index < -0.39 is 0 Å². The molecule has 0 fully saturated rings. The van der Waals surface area contributed by atoms with E-state index in [4.69, 9.17) is 0 Å². The largest absolute Gasteiger partial charge is 0.304 e. The Morgan fingerprint density at radius 1 is 1.09 bits per heavy atom. The third-order valence-electron chi connectivity index (χ3n) is 5.18. The van der Waals surface area contributed by atoms with E-state index >= 15 is 0 Å². The average Bonchev–Trinajstić information content (AvgIpc) is 3.51. The van der Waals surface area contributed by atoms with Crippen LogP contribution in [0, 0.1) is 6.92 Å². The minimum absolute atomic E-state index is 0.245. The van der Waals surface area contributed by atoms with Crippen LogP contribution in [0.2, 0.25) is 0 Å². The summed E-state index contributed by atoms with van der Waals surface area (Å²) in [7, 11) is 0. The number of carbonyl (C=O) groups is 1. The molecular formula is C23H21BrN8O. The molecule has 0 saturated carbocycles. The Kier molecular flexibility index (Phi) is 5.51. The summed E-state index contributed by atoms with van der Waals surface area (Å²) in [4.78, 5) is 17.2. The number of aromatic nitrogens is 7. The smallest absolute Gasteiger partial charge is 0.277 e. The molecular weight excluding hydrogens is 484 g/mol. The molecule has 5 rings (SSSR count). The number of anilines is 1. The van der Waals surface area contributed by atoms with Gasteiger partial charge in [-0.1, -0.05) is 29.8 Å². The molecule has 1 amide bonds. The molecule has 0 spiro atoms. The summed E-state index contributed by atoms with van der Waals surface area (Å²) in [5.41, 5.74) is 4.61. The van der Waals surface area contributed by atoms with Crippen molar-refractivity contribution < 1.29 is 4.79 Å². The average molecular weight is 505 g/mol. The molecule has 9 nitrogen and oxygen atoms in total. The Morgan fingerprint density at radius 2 is 1.97 bits per heavy atom. The Bertz CT molecular complexity index is 1460. The highest BCUT2D eigenvalue weighted by Gasteiger charge is 2.18. The van der Waals surface area contributed by atoms with Crippen LogP contribution in [-0.4, -0.2) is 40.1 Å². The fraction of sp³-hybridized carbons (Fsp3) is 0.174. The standard InChI is InChI=1S/C23H21BrN8O/c1-3-30-14-17(24)22(29-30)19-7-9-25-21-12-18(27-32(19)21)23(33)26-20-8-10-31(28-20)13-16-6-4-5-15(2)11-16/h4-12,14H,3,13H2,1-2H3,(H,26,28,33). The van der Waals surface area contributed by atoms with Crippen LogP contribution in [0.4, 0.5) is 5.82 Å². The van der Waals surface area contributed by atoms with E-state index in [-0.39, 0.29) is 11.6 Å². The molecule has 4 aromatic heterocycles. The second-order valence-corrected chi connectivity index (χ2v) is 8.51. The van der Waals surface area contributed by atoms with Crippen molar-refractivity contribution in [3.63, 3.8) is 0 Å². The first-order valence-corrected chi connectivity index (χ1v) is 11.3. The van der Waals surface area contributed by atoms with Crippen molar-refractivity contribution >= 4 is 33.3 Å². The Balaban J connectivity index is 1.37. The normalized spacial score (nSPS) is 11.2. The predicted octanol–water partition coefficient (Wildman–Crippen LogP) is 4.18. The zero-order chi connectivity index (χ0) is 22.9. The number of benzene rings is 1. The number of nitrogens with one attached hydrogen (secondary N) is 1. The van der Waals surface area contributed by atoms with Gasteiger partial charge in [0.1, 0.15) is 5.69 Å². The highest BCUT2D eigenvalue weighted by atomic mass is 79.9. The lowest BCUT2D eigenvalue weighted by Crippen LogP contribution is -2.13. The molecule has 4 heterocycles. The first-order chi connectivity index (χ1) is 16.0. The molecule has 0 saturated heterocycles. The molecule has 166 valence electrons. The zero-order valence-corrected chi connectivity index (χ0v) is 19.7. The maximum atomic E-state index is 12.9. The maximum Gasteiger partial charge on any atom is 0.277 e. The molecule has 10 heteroatoms. The summed E-state index contributed by atoms with van der Waals surface area (Å²) >= 11 is 3.56. The Labute approximate surface area is 198 Å². The maximum absolute atomic E-state index is 12.9. The van der Waals surface area contributed by atoms with Gasteiger partial charge in [-0.3, -0.25) is 14.2 Å². The quantitative estimate of drug-likeness (QED) is 0.374. The number of amides is 1. The zero-order valence-electron chi connectivity index (χ0n) is 18.1. The number of fused-ring (bicyclic) bond motifs is 1. The summed E-state index contributed by atoms with van der Waals surface area (Å²) < 4.78 is 6.08. The molecule has 5 aromatic rings. The third kappa shape index (κ3) is 4.29. The van der Waals surface area contributed by atoms with Crippen LogP contribution >= 0.6 is 15.9 Å². The van der Waals surface area contributed by atoms with Gasteiger partial charge in [0, 0.05) is 37.3 Å². The predicted molar refractivity (Wildman–Crippen MR) is 128 cm³/mol. The van der Waals surface area contributed by atoms with Gasteiger partial charge < -0.3 is 5.32 Å². The Morgan fingerprint density at radius 3 is 2.76 bits per heavy atom. The van der Waals surface area contributed by atoms with Crippen LogP contribution in [-0.2, 0) is 13.1 Å². The van der Waals surface area contributed by atoms with Crippen LogP contribution in [0.15, 0.2) is 65.5 Å². The molecule has 0 aliphatic heterocycles. The summed E-state index contributed by atoms with van der Waals surface area (Å²) in [6.45, 7) is 5.44. The first-order valence-electron chi connectivity index (χ1n) is 10.5. The summed E-state index contributed by atoms with van der Waals surface area (Å²) in [6, 6.07) is 13.5. The van der Waals surface area contributed by atoms with Crippen LogP contribution in [0.1, 0.15) is 28.5 Å². The van der Waals surface area contributed by atoms with Crippen LogP contribution in [0.3, 0.4) is 0 Å². The minimum Gasteiger partial charge on any atom is -0.304 e. The number of nitrogens with zero attached hydrogens (tertiary/aromatic N) is 7. The number of rotatable bonds is 6. The van der Waals surface area contributed by atoms with Gasteiger partial charge >= 0.3 is 0 Å². The lowest BCUT2D eigenvalue weighted by Gasteiger charge is -2.03. The van der Waals surface area contributed by atoms with Gasteiger partial charge in [-0.25, -0.2) is 9.50 Å². The number of carbonyl (C=O) groups excluding carboxylic acids is 1. The van der Waals surface area contributed by atoms with E-state index in [1.165, 1.54) is 5.56 Å². The Hall–Kier alpha value is -3.79. The van der Waals surface area contributed by atoms with Gasteiger partial charge in [0.05, 0.1) is 16.7 Å². The van der Waals surface area contributed by atoms with Crippen molar-refractivity contribution in [2.24, 2.45) is 0 Å². The van der Waals surface area contributed by atoms with Gasteiger partial charge in [-0.05, 0) is 41.4 Å². The molecule has 0 aliphatic rings. The lowest BCUT2D eigenvalue weighted by atomic mass is 10.1. The van der Waals surface area contributed by atoms with Crippen molar-refractivity contribution in [3.8, 4) is 11.4 Å². The summed E-state index contributed by atoms with van der Waals surface area (Å²) in [5, 5.41) is 16.3. The topological polar surface area (TPSA) is 94.9 Å². The van der Waals surface area contributed by atoms with Crippen LogP contribution < -0.4 is 5.32 Å². The van der Waals surface area contributed by atoms with Gasteiger partial charge in [0.25, 0.3) is 5.91 Å². The van der Waals surface area contributed by atoms with E-state index in [1.54, 1.807) is 27.5 Å². The van der Waals surface area contributed by atoms with Gasteiger partial charge in [0.2, 0.25) is 0 Å².